The number of anilines is 2. The van der Waals surface area contributed by atoms with Crippen molar-refractivity contribution in [3.8, 4) is 10.8 Å². The van der Waals surface area contributed by atoms with Crippen LogP contribution < -0.4 is 10.2 Å². The summed E-state index contributed by atoms with van der Waals surface area (Å²) in [6.45, 7) is 2.02. The van der Waals surface area contributed by atoms with Crippen LogP contribution in [0.5, 0.6) is 0 Å². The molecular weight excluding hydrogens is 324 g/mol. The highest BCUT2D eigenvalue weighted by Crippen LogP contribution is 2.23. The van der Waals surface area contributed by atoms with E-state index in [1.807, 2.05) is 49.5 Å². The zero-order chi connectivity index (χ0) is 17.1. The maximum Gasteiger partial charge on any atom is 0.230 e. The molecule has 24 heavy (non-hydrogen) atoms. The zero-order valence-electron chi connectivity index (χ0n) is 13.7. The number of hydrogen-bond donors (Lipinski definition) is 2. The molecule has 0 saturated carbocycles. The Morgan fingerprint density at radius 2 is 2.21 bits per heavy atom. The number of rotatable bonds is 5. The number of aromatic amines is 1. The molecular formula is C16H18N6OS. The molecule has 0 fully saturated rings. The summed E-state index contributed by atoms with van der Waals surface area (Å²) in [4.78, 5) is 22.7. The number of thiazole rings is 1. The first-order chi connectivity index (χ1) is 11.5. The zero-order valence-corrected chi connectivity index (χ0v) is 14.5. The standard InChI is InChI=1S/C16H18N6OS/c1-10-6-11(4-5-13(10)22(2)3)19-14(23)7-12-8-24-16(20-12)15-17-9-18-21-15/h4-6,8-9H,7H2,1-3H3,(H,19,23)(H,17,18,21). The van der Waals surface area contributed by atoms with Gasteiger partial charge in [-0.25, -0.2) is 9.97 Å². The molecule has 0 unspecified atom stereocenters. The predicted molar refractivity (Wildman–Crippen MR) is 95.3 cm³/mol. The summed E-state index contributed by atoms with van der Waals surface area (Å²) in [7, 11) is 3.99. The summed E-state index contributed by atoms with van der Waals surface area (Å²) in [6.07, 6.45) is 1.65. The van der Waals surface area contributed by atoms with Gasteiger partial charge in [-0.1, -0.05) is 0 Å². The van der Waals surface area contributed by atoms with E-state index in [0.717, 1.165) is 21.9 Å². The number of nitrogens with one attached hydrogen (secondary N) is 2. The van der Waals surface area contributed by atoms with Crippen LogP contribution in [0.4, 0.5) is 11.4 Å². The molecule has 0 aliphatic carbocycles. The number of nitrogens with zero attached hydrogens (tertiary/aromatic N) is 4. The third-order valence-corrected chi connectivity index (χ3v) is 4.37. The molecule has 1 aromatic carbocycles. The third kappa shape index (κ3) is 3.60. The van der Waals surface area contributed by atoms with Gasteiger partial charge in [0, 0.05) is 30.9 Å². The highest BCUT2D eigenvalue weighted by Gasteiger charge is 2.11. The largest absolute Gasteiger partial charge is 0.377 e. The second kappa shape index (κ2) is 6.79. The van der Waals surface area contributed by atoms with Crippen LogP contribution in [0.2, 0.25) is 0 Å². The van der Waals surface area contributed by atoms with Gasteiger partial charge < -0.3 is 10.2 Å². The fourth-order valence-electron chi connectivity index (χ4n) is 2.41. The van der Waals surface area contributed by atoms with Gasteiger partial charge in [-0.15, -0.1) is 11.3 Å². The van der Waals surface area contributed by atoms with Crippen LogP contribution in [0.25, 0.3) is 10.8 Å². The molecule has 0 saturated heterocycles. The van der Waals surface area contributed by atoms with Crippen molar-refractivity contribution < 1.29 is 4.79 Å². The van der Waals surface area contributed by atoms with Crippen molar-refractivity contribution in [2.45, 2.75) is 13.3 Å². The molecule has 7 nitrogen and oxygen atoms in total. The number of amides is 1. The molecule has 2 aromatic heterocycles. The minimum atomic E-state index is -0.0959. The van der Waals surface area contributed by atoms with E-state index in [1.165, 1.54) is 17.7 Å². The summed E-state index contributed by atoms with van der Waals surface area (Å²) in [6, 6.07) is 5.87. The molecule has 2 heterocycles. The molecule has 3 rings (SSSR count). The minimum absolute atomic E-state index is 0.0959. The van der Waals surface area contributed by atoms with Gasteiger partial charge in [0.15, 0.2) is 10.8 Å². The van der Waals surface area contributed by atoms with Crippen molar-refractivity contribution in [3.05, 3.63) is 41.2 Å². The number of aryl methyl sites for hydroxylation is 1. The average Bonchev–Trinajstić information content (AvgIpc) is 3.17. The van der Waals surface area contributed by atoms with Gasteiger partial charge in [0.1, 0.15) is 6.33 Å². The number of benzene rings is 1. The summed E-state index contributed by atoms with van der Waals surface area (Å²) in [5.41, 5.74) is 3.74. The van der Waals surface area contributed by atoms with Crippen LogP contribution >= 0.6 is 11.3 Å². The molecule has 8 heteroatoms. The van der Waals surface area contributed by atoms with Gasteiger partial charge in [0.05, 0.1) is 12.1 Å². The lowest BCUT2D eigenvalue weighted by atomic mass is 10.1. The van der Waals surface area contributed by atoms with E-state index in [-0.39, 0.29) is 12.3 Å². The fraction of sp³-hybridized carbons (Fsp3) is 0.250. The summed E-state index contributed by atoms with van der Waals surface area (Å²) in [5.74, 6) is 0.517. The van der Waals surface area contributed by atoms with Gasteiger partial charge >= 0.3 is 0 Å². The van der Waals surface area contributed by atoms with E-state index in [4.69, 9.17) is 0 Å². The predicted octanol–water partition coefficient (Wildman–Crippen LogP) is 2.48. The van der Waals surface area contributed by atoms with Gasteiger partial charge in [-0.05, 0) is 30.7 Å². The lowest BCUT2D eigenvalue weighted by molar-refractivity contribution is -0.115. The Hall–Kier alpha value is -2.74. The number of carbonyl (C=O) groups excluding carboxylic acids is 1. The van der Waals surface area contributed by atoms with Crippen LogP contribution in [-0.4, -0.2) is 40.2 Å². The van der Waals surface area contributed by atoms with E-state index in [2.05, 4.69) is 25.5 Å². The Labute approximate surface area is 143 Å². The van der Waals surface area contributed by atoms with E-state index in [9.17, 15) is 4.79 Å². The Morgan fingerprint density at radius 3 is 2.88 bits per heavy atom. The molecule has 0 spiro atoms. The molecule has 0 aliphatic rings. The second-order valence-corrected chi connectivity index (χ2v) is 6.46. The molecule has 2 N–H and O–H groups in total. The number of aromatic nitrogens is 4. The molecule has 1 amide bonds. The lowest BCUT2D eigenvalue weighted by Crippen LogP contribution is -2.15. The van der Waals surface area contributed by atoms with Gasteiger partial charge in [0.2, 0.25) is 5.91 Å². The van der Waals surface area contributed by atoms with Crippen LogP contribution in [-0.2, 0) is 11.2 Å². The van der Waals surface area contributed by atoms with E-state index < -0.39 is 0 Å². The normalized spacial score (nSPS) is 10.6. The summed E-state index contributed by atoms with van der Waals surface area (Å²) in [5, 5.41) is 12.1. The lowest BCUT2D eigenvalue weighted by Gasteiger charge is -2.16. The minimum Gasteiger partial charge on any atom is -0.377 e. The summed E-state index contributed by atoms with van der Waals surface area (Å²) < 4.78 is 0. The Morgan fingerprint density at radius 1 is 1.38 bits per heavy atom. The highest BCUT2D eigenvalue weighted by atomic mass is 32.1. The van der Waals surface area contributed by atoms with Gasteiger partial charge in [-0.2, -0.15) is 5.10 Å². The third-order valence-electron chi connectivity index (χ3n) is 3.47. The Bertz CT molecular complexity index is 840. The van der Waals surface area contributed by atoms with Crippen molar-refractivity contribution in [2.24, 2.45) is 0 Å². The summed E-state index contributed by atoms with van der Waals surface area (Å²) >= 11 is 1.43. The number of H-pyrrole nitrogens is 1. The molecule has 3 aromatic rings. The maximum absolute atomic E-state index is 12.2. The van der Waals surface area contributed by atoms with Crippen LogP contribution in [0.1, 0.15) is 11.3 Å². The Balaban J connectivity index is 1.65. The van der Waals surface area contributed by atoms with E-state index in [1.54, 1.807) is 0 Å². The van der Waals surface area contributed by atoms with Crippen LogP contribution in [0, 0.1) is 6.92 Å². The highest BCUT2D eigenvalue weighted by molar-refractivity contribution is 7.13. The first-order valence-electron chi connectivity index (χ1n) is 7.41. The average molecular weight is 342 g/mol. The smallest absolute Gasteiger partial charge is 0.230 e. The first-order valence-corrected chi connectivity index (χ1v) is 8.29. The first kappa shape index (κ1) is 16.1. The molecule has 0 atom stereocenters. The van der Waals surface area contributed by atoms with Crippen molar-refractivity contribution in [1.82, 2.24) is 20.2 Å². The van der Waals surface area contributed by atoms with Crippen LogP contribution in [0.15, 0.2) is 29.9 Å². The second-order valence-electron chi connectivity index (χ2n) is 5.60. The van der Waals surface area contributed by atoms with Crippen LogP contribution in [0.3, 0.4) is 0 Å². The SMILES string of the molecule is Cc1cc(NC(=O)Cc2csc(-c3ncn[nH]3)n2)ccc1N(C)C. The molecule has 0 aliphatic heterocycles. The van der Waals surface area contributed by atoms with Crippen molar-refractivity contribution in [3.63, 3.8) is 0 Å². The van der Waals surface area contributed by atoms with Gasteiger partial charge in [-0.3, -0.25) is 9.89 Å². The maximum atomic E-state index is 12.2. The monoisotopic (exact) mass is 342 g/mol. The topological polar surface area (TPSA) is 86.8 Å². The van der Waals surface area contributed by atoms with E-state index >= 15 is 0 Å². The Kier molecular flexibility index (Phi) is 4.57. The van der Waals surface area contributed by atoms with Crippen molar-refractivity contribution in [1.29, 1.82) is 0 Å². The molecule has 124 valence electrons. The number of hydrogen-bond acceptors (Lipinski definition) is 6. The van der Waals surface area contributed by atoms with Crippen molar-refractivity contribution in [2.75, 3.05) is 24.3 Å². The fourth-order valence-corrected chi connectivity index (χ4v) is 3.17. The van der Waals surface area contributed by atoms with Crippen molar-refractivity contribution >= 4 is 28.6 Å². The molecule has 0 bridgehead atoms. The van der Waals surface area contributed by atoms with Gasteiger partial charge in [0.25, 0.3) is 0 Å². The number of carbonyl (C=O) groups is 1. The van der Waals surface area contributed by atoms with E-state index in [0.29, 0.717) is 11.5 Å². The quantitative estimate of drug-likeness (QED) is 0.744. The molecule has 0 radical (unpaired) electrons.